The van der Waals surface area contributed by atoms with Crippen LogP contribution in [0.2, 0.25) is 0 Å². The smallest absolute Gasteiger partial charge is 0.227 e. The average Bonchev–Trinajstić information content (AvgIpc) is 3.10. The van der Waals surface area contributed by atoms with Crippen molar-refractivity contribution in [2.24, 2.45) is 0 Å². The van der Waals surface area contributed by atoms with Gasteiger partial charge in [0.2, 0.25) is 5.91 Å². The molecule has 6 nitrogen and oxygen atoms in total. The third-order valence-electron chi connectivity index (χ3n) is 5.02. The molecule has 1 aliphatic rings. The molecule has 0 radical (unpaired) electrons. The predicted molar refractivity (Wildman–Crippen MR) is 107 cm³/mol. The van der Waals surface area contributed by atoms with Crippen LogP contribution in [0.25, 0.3) is 10.2 Å². The molecule has 7 heteroatoms. The molecule has 0 aliphatic carbocycles. The minimum absolute atomic E-state index is 0.0281. The number of carbonyl (C=O) groups is 1. The number of carbonyl (C=O) groups excluding carboxylic acids is 1. The molecule has 2 aromatic heterocycles. The molecule has 1 fully saturated rings. The number of pyridine rings is 1. The first kappa shape index (κ1) is 18.0. The van der Waals surface area contributed by atoms with Gasteiger partial charge in [0.25, 0.3) is 0 Å². The zero-order valence-corrected chi connectivity index (χ0v) is 15.8. The van der Waals surface area contributed by atoms with E-state index in [1.807, 2.05) is 42.5 Å². The van der Waals surface area contributed by atoms with Gasteiger partial charge in [0.1, 0.15) is 5.60 Å². The number of amides is 1. The highest BCUT2D eigenvalue weighted by Gasteiger charge is 2.34. The number of anilines is 1. The summed E-state index contributed by atoms with van der Waals surface area (Å²) in [5.41, 5.74) is 0.780. The maximum Gasteiger partial charge on any atom is 0.227 e. The van der Waals surface area contributed by atoms with Crippen molar-refractivity contribution in [1.29, 1.82) is 0 Å². The van der Waals surface area contributed by atoms with Crippen molar-refractivity contribution in [3.8, 4) is 0 Å². The lowest BCUT2D eigenvalue weighted by Gasteiger charge is -2.37. The van der Waals surface area contributed by atoms with Crippen LogP contribution in [0.3, 0.4) is 0 Å². The Morgan fingerprint density at radius 3 is 2.70 bits per heavy atom. The minimum atomic E-state index is -0.860. The van der Waals surface area contributed by atoms with Gasteiger partial charge in [-0.05, 0) is 37.1 Å². The Bertz CT molecular complexity index is 887. The lowest BCUT2D eigenvalue weighted by Crippen LogP contribution is -2.43. The van der Waals surface area contributed by atoms with Crippen molar-refractivity contribution in [3.05, 3.63) is 54.4 Å². The summed E-state index contributed by atoms with van der Waals surface area (Å²) in [5.74, 6) is -0.0281. The number of likely N-dealkylation sites (tertiary alicyclic amines) is 1. The first-order chi connectivity index (χ1) is 13.1. The first-order valence-corrected chi connectivity index (χ1v) is 9.96. The van der Waals surface area contributed by atoms with E-state index >= 15 is 0 Å². The van der Waals surface area contributed by atoms with E-state index in [0.29, 0.717) is 30.9 Å². The number of aliphatic hydroxyl groups is 1. The summed E-state index contributed by atoms with van der Waals surface area (Å²) in [4.78, 5) is 23.2. The van der Waals surface area contributed by atoms with E-state index in [1.165, 1.54) is 11.3 Å². The molecule has 0 spiro atoms. The van der Waals surface area contributed by atoms with Crippen molar-refractivity contribution in [1.82, 2.24) is 14.9 Å². The highest BCUT2D eigenvalue weighted by Crippen LogP contribution is 2.31. The molecule has 27 heavy (non-hydrogen) atoms. The van der Waals surface area contributed by atoms with Crippen molar-refractivity contribution in [2.75, 3.05) is 25.0 Å². The fraction of sp³-hybridized carbons (Fsp3) is 0.350. The third-order valence-corrected chi connectivity index (χ3v) is 5.97. The normalized spacial score (nSPS) is 17.1. The second-order valence-corrected chi connectivity index (χ2v) is 7.90. The number of hydrogen-bond donors (Lipinski definition) is 2. The van der Waals surface area contributed by atoms with E-state index in [-0.39, 0.29) is 5.91 Å². The number of nitrogens with zero attached hydrogens (tertiary/aromatic N) is 3. The minimum Gasteiger partial charge on any atom is -0.383 e. The van der Waals surface area contributed by atoms with Crippen molar-refractivity contribution < 1.29 is 9.90 Å². The zero-order chi connectivity index (χ0) is 18.7. The van der Waals surface area contributed by atoms with Gasteiger partial charge in [-0.1, -0.05) is 29.5 Å². The molecular weight excluding hydrogens is 360 g/mol. The Morgan fingerprint density at radius 1 is 1.19 bits per heavy atom. The van der Waals surface area contributed by atoms with E-state index < -0.39 is 5.60 Å². The topological polar surface area (TPSA) is 78.4 Å². The zero-order valence-electron chi connectivity index (χ0n) is 15.0. The van der Waals surface area contributed by atoms with Crippen LogP contribution in [-0.4, -0.2) is 45.5 Å². The Labute approximate surface area is 161 Å². The highest BCUT2D eigenvalue weighted by molar-refractivity contribution is 7.22. The largest absolute Gasteiger partial charge is 0.383 e. The number of benzene rings is 1. The number of hydrogen-bond acceptors (Lipinski definition) is 6. The molecule has 0 unspecified atom stereocenters. The van der Waals surface area contributed by atoms with Gasteiger partial charge in [-0.15, -0.1) is 0 Å². The summed E-state index contributed by atoms with van der Waals surface area (Å²) in [7, 11) is 0. The van der Waals surface area contributed by atoms with E-state index in [9.17, 15) is 9.90 Å². The summed E-state index contributed by atoms with van der Waals surface area (Å²) in [5, 5.41) is 14.4. The van der Waals surface area contributed by atoms with Crippen molar-refractivity contribution >= 4 is 32.6 Å². The second-order valence-electron chi connectivity index (χ2n) is 6.87. The van der Waals surface area contributed by atoms with Gasteiger partial charge in [0.05, 0.1) is 15.9 Å². The molecule has 1 aromatic carbocycles. The highest BCUT2D eigenvalue weighted by atomic mass is 32.1. The van der Waals surface area contributed by atoms with Crippen LogP contribution in [0, 0.1) is 0 Å². The molecule has 3 aromatic rings. The van der Waals surface area contributed by atoms with Gasteiger partial charge in [-0.3, -0.25) is 9.78 Å². The molecule has 0 atom stereocenters. The predicted octanol–water partition coefficient (Wildman–Crippen LogP) is 3.00. The molecular formula is C20H22N4O2S. The molecule has 2 N–H and O–H groups in total. The number of aromatic nitrogens is 2. The van der Waals surface area contributed by atoms with E-state index in [4.69, 9.17) is 0 Å². The molecule has 3 heterocycles. The standard InChI is InChI=1S/C20H22N4O2S/c25-18(23-19-22-15-5-1-2-6-16(15)27-19)8-12-24-13-9-20(26,10-14-24)17-7-3-4-11-21-17/h1-7,11,26H,8-10,12-14H2,(H,22,23,25). The van der Waals surface area contributed by atoms with Crippen LogP contribution in [0.15, 0.2) is 48.7 Å². The van der Waals surface area contributed by atoms with Crippen molar-refractivity contribution in [3.63, 3.8) is 0 Å². The molecule has 0 saturated carbocycles. The maximum absolute atomic E-state index is 12.3. The fourth-order valence-corrected chi connectivity index (χ4v) is 4.29. The lowest BCUT2D eigenvalue weighted by molar-refractivity contribution is -0.116. The third kappa shape index (κ3) is 4.16. The number of piperidine rings is 1. The molecule has 4 rings (SSSR count). The quantitative estimate of drug-likeness (QED) is 0.709. The lowest BCUT2D eigenvalue weighted by atomic mass is 9.87. The van der Waals surface area contributed by atoms with E-state index in [2.05, 4.69) is 20.2 Å². The second kappa shape index (κ2) is 7.72. The van der Waals surface area contributed by atoms with Gasteiger partial charge >= 0.3 is 0 Å². The van der Waals surface area contributed by atoms with Crippen LogP contribution in [0.5, 0.6) is 0 Å². The Hall–Kier alpha value is -2.35. The Morgan fingerprint density at radius 2 is 1.96 bits per heavy atom. The summed E-state index contributed by atoms with van der Waals surface area (Å²) >= 11 is 1.49. The molecule has 1 amide bonds. The Balaban J connectivity index is 1.26. The van der Waals surface area contributed by atoms with Crippen LogP contribution < -0.4 is 5.32 Å². The van der Waals surface area contributed by atoms with E-state index in [0.717, 1.165) is 29.0 Å². The Kier molecular flexibility index (Phi) is 5.15. The molecule has 1 saturated heterocycles. The molecule has 1 aliphatic heterocycles. The maximum atomic E-state index is 12.3. The van der Waals surface area contributed by atoms with Gasteiger partial charge < -0.3 is 15.3 Å². The average molecular weight is 382 g/mol. The summed E-state index contributed by atoms with van der Waals surface area (Å²) in [6.07, 6.45) is 3.39. The van der Waals surface area contributed by atoms with Gasteiger partial charge in [-0.2, -0.15) is 0 Å². The summed E-state index contributed by atoms with van der Waals surface area (Å²) < 4.78 is 1.07. The SMILES string of the molecule is O=C(CCN1CCC(O)(c2ccccn2)CC1)Nc1nc2ccccc2s1. The summed E-state index contributed by atoms with van der Waals surface area (Å²) in [6.45, 7) is 2.18. The number of thiazole rings is 1. The number of rotatable bonds is 5. The number of para-hydroxylation sites is 1. The fourth-order valence-electron chi connectivity index (χ4n) is 3.41. The monoisotopic (exact) mass is 382 g/mol. The molecule has 140 valence electrons. The number of fused-ring (bicyclic) bond motifs is 1. The van der Waals surface area contributed by atoms with Crippen LogP contribution >= 0.6 is 11.3 Å². The van der Waals surface area contributed by atoms with E-state index in [1.54, 1.807) is 6.20 Å². The van der Waals surface area contributed by atoms with Gasteiger partial charge in [0.15, 0.2) is 5.13 Å². The number of nitrogens with one attached hydrogen (secondary N) is 1. The van der Waals surface area contributed by atoms with Gasteiger partial charge in [-0.25, -0.2) is 4.98 Å². The van der Waals surface area contributed by atoms with Gasteiger partial charge in [0, 0.05) is 32.3 Å². The van der Waals surface area contributed by atoms with Crippen LogP contribution in [0.1, 0.15) is 25.0 Å². The first-order valence-electron chi connectivity index (χ1n) is 9.14. The van der Waals surface area contributed by atoms with Crippen LogP contribution in [0.4, 0.5) is 5.13 Å². The molecule has 0 bridgehead atoms. The van der Waals surface area contributed by atoms with Crippen LogP contribution in [-0.2, 0) is 10.4 Å². The van der Waals surface area contributed by atoms with Crippen molar-refractivity contribution in [2.45, 2.75) is 24.9 Å². The summed E-state index contributed by atoms with van der Waals surface area (Å²) in [6, 6.07) is 13.5.